The van der Waals surface area contributed by atoms with Crippen LogP contribution in [-0.4, -0.2) is 39.9 Å². The Balaban J connectivity index is 2.96. The smallest absolute Gasteiger partial charge is 0.242 e. The second-order valence-electron chi connectivity index (χ2n) is 4.58. The van der Waals surface area contributed by atoms with Gasteiger partial charge in [0.2, 0.25) is 10.0 Å². The fourth-order valence-corrected chi connectivity index (χ4v) is 3.14. The van der Waals surface area contributed by atoms with Crippen LogP contribution in [0.2, 0.25) is 0 Å². The van der Waals surface area contributed by atoms with E-state index >= 15 is 0 Å². The minimum atomic E-state index is -3.63. The molecule has 0 saturated heterocycles. The minimum Gasteiger partial charge on any atom is -0.395 e. The standard InChI is InChI=1S/C15H21NO4S/c1-13(10-12-20-2)16-21(18,19)15-9-4-3-7-14(15)8-5-6-11-17/h3-4,7,9,13,16-17H,6,10-12H2,1-2H3. The molecule has 1 unspecified atom stereocenters. The van der Waals surface area contributed by atoms with Gasteiger partial charge < -0.3 is 9.84 Å². The summed E-state index contributed by atoms with van der Waals surface area (Å²) in [6.45, 7) is 2.23. The normalized spacial score (nSPS) is 12.5. The number of aliphatic hydroxyl groups excluding tert-OH is 1. The third-order valence-corrected chi connectivity index (χ3v) is 4.40. The molecule has 1 rings (SSSR count). The van der Waals surface area contributed by atoms with Gasteiger partial charge in [-0.2, -0.15) is 0 Å². The monoisotopic (exact) mass is 311 g/mol. The van der Waals surface area contributed by atoms with Crippen LogP contribution in [0.25, 0.3) is 0 Å². The molecule has 0 radical (unpaired) electrons. The Bertz CT molecular complexity index is 602. The molecule has 0 amide bonds. The summed E-state index contributed by atoms with van der Waals surface area (Å²) in [5, 5.41) is 8.73. The lowest BCUT2D eigenvalue weighted by Crippen LogP contribution is -2.33. The highest BCUT2D eigenvalue weighted by Crippen LogP contribution is 2.15. The molecule has 5 nitrogen and oxygen atoms in total. The summed E-state index contributed by atoms with van der Waals surface area (Å²) in [5.41, 5.74) is 0.428. The molecule has 2 N–H and O–H groups in total. The van der Waals surface area contributed by atoms with E-state index in [1.807, 2.05) is 0 Å². The molecular weight excluding hydrogens is 290 g/mol. The highest BCUT2D eigenvalue weighted by Gasteiger charge is 2.19. The summed E-state index contributed by atoms with van der Waals surface area (Å²) in [6, 6.07) is 6.34. The van der Waals surface area contributed by atoms with Gasteiger partial charge >= 0.3 is 0 Å². The number of benzene rings is 1. The maximum absolute atomic E-state index is 12.4. The number of nitrogens with one attached hydrogen (secondary N) is 1. The summed E-state index contributed by atoms with van der Waals surface area (Å²) in [5.74, 6) is 5.52. The minimum absolute atomic E-state index is 0.0474. The van der Waals surface area contributed by atoms with Gasteiger partial charge in [-0.25, -0.2) is 13.1 Å². The molecule has 0 saturated carbocycles. The zero-order chi connectivity index (χ0) is 15.7. The van der Waals surface area contributed by atoms with Crippen molar-refractivity contribution in [1.82, 2.24) is 4.72 Å². The third-order valence-electron chi connectivity index (χ3n) is 2.75. The van der Waals surface area contributed by atoms with Gasteiger partial charge in [0.25, 0.3) is 0 Å². The Morgan fingerprint density at radius 3 is 2.76 bits per heavy atom. The van der Waals surface area contributed by atoms with Crippen molar-refractivity contribution in [2.75, 3.05) is 20.3 Å². The first-order valence-electron chi connectivity index (χ1n) is 6.71. The van der Waals surface area contributed by atoms with Gasteiger partial charge in [0.15, 0.2) is 0 Å². The molecular formula is C15H21NO4S. The molecule has 0 spiro atoms. The molecule has 0 aliphatic carbocycles. The fourth-order valence-electron chi connectivity index (χ4n) is 1.70. The van der Waals surface area contributed by atoms with Crippen LogP contribution >= 0.6 is 0 Å². The molecule has 0 heterocycles. The van der Waals surface area contributed by atoms with Crippen molar-refractivity contribution in [3.63, 3.8) is 0 Å². The molecule has 1 aromatic carbocycles. The third kappa shape index (κ3) is 5.86. The molecule has 0 aliphatic rings. The number of ether oxygens (including phenoxy) is 1. The van der Waals surface area contributed by atoms with Gasteiger partial charge in [0.05, 0.1) is 11.5 Å². The summed E-state index contributed by atoms with van der Waals surface area (Å²) >= 11 is 0. The lowest BCUT2D eigenvalue weighted by Gasteiger charge is -2.14. The van der Waals surface area contributed by atoms with E-state index in [1.54, 1.807) is 32.2 Å². The van der Waals surface area contributed by atoms with Crippen molar-refractivity contribution in [3.05, 3.63) is 29.8 Å². The Hall–Kier alpha value is -1.39. The van der Waals surface area contributed by atoms with E-state index in [0.717, 1.165) is 0 Å². The van der Waals surface area contributed by atoms with Crippen LogP contribution in [0.3, 0.4) is 0 Å². The van der Waals surface area contributed by atoms with Crippen molar-refractivity contribution >= 4 is 10.0 Å². The van der Waals surface area contributed by atoms with Gasteiger partial charge in [0.1, 0.15) is 0 Å². The summed E-state index contributed by atoms with van der Waals surface area (Å²) < 4.78 is 32.3. The van der Waals surface area contributed by atoms with Crippen LogP contribution in [0.4, 0.5) is 0 Å². The largest absolute Gasteiger partial charge is 0.395 e. The quantitative estimate of drug-likeness (QED) is 0.740. The van der Waals surface area contributed by atoms with E-state index in [1.165, 1.54) is 6.07 Å². The van der Waals surface area contributed by atoms with Gasteiger partial charge in [-0.3, -0.25) is 0 Å². The van der Waals surface area contributed by atoms with E-state index in [2.05, 4.69) is 16.6 Å². The molecule has 0 fully saturated rings. The van der Waals surface area contributed by atoms with E-state index in [9.17, 15) is 8.42 Å². The van der Waals surface area contributed by atoms with Crippen LogP contribution in [-0.2, 0) is 14.8 Å². The molecule has 1 aromatic rings. The summed E-state index contributed by atoms with van der Waals surface area (Å²) in [7, 11) is -2.05. The highest BCUT2D eigenvalue weighted by atomic mass is 32.2. The molecule has 0 bridgehead atoms. The van der Waals surface area contributed by atoms with E-state index in [4.69, 9.17) is 9.84 Å². The Kier molecular flexibility index (Phi) is 7.40. The van der Waals surface area contributed by atoms with Crippen LogP contribution in [0, 0.1) is 11.8 Å². The maximum Gasteiger partial charge on any atom is 0.242 e. The Morgan fingerprint density at radius 2 is 2.10 bits per heavy atom. The molecule has 6 heteroatoms. The lowest BCUT2D eigenvalue weighted by atomic mass is 10.2. The number of hydrogen-bond acceptors (Lipinski definition) is 4. The van der Waals surface area contributed by atoms with Crippen LogP contribution in [0.5, 0.6) is 0 Å². The van der Waals surface area contributed by atoms with Crippen molar-refractivity contribution in [2.24, 2.45) is 0 Å². The molecule has 0 aliphatic heterocycles. The van der Waals surface area contributed by atoms with Crippen LogP contribution in [0.15, 0.2) is 29.2 Å². The van der Waals surface area contributed by atoms with Crippen molar-refractivity contribution in [2.45, 2.75) is 30.7 Å². The number of aliphatic hydroxyl groups is 1. The maximum atomic E-state index is 12.4. The topological polar surface area (TPSA) is 75.6 Å². The van der Waals surface area contributed by atoms with E-state index < -0.39 is 10.0 Å². The molecule has 21 heavy (non-hydrogen) atoms. The van der Waals surface area contributed by atoms with Crippen molar-refractivity contribution in [1.29, 1.82) is 0 Å². The number of rotatable bonds is 7. The number of hydrogen-bond donors (Lipinski definition) is 2. The Morgan fingerprint density at radius 1 is 1.38 bits per heavy atom. The van der Waals surface area contributed by atoms with Crippen molar-refractivity contribution in [3.8, 4) is 11.8 Å². The zero-order valence-electron chi connectivity index (χ0n) is 12.3. The molecule has 1 atom stereocenters. The molecule has 116 valence electrons. The first-order chi connectivity index (χ1) is 10.0. The van der Waals surface area contributed by atoms with E-state index in [0.29, 0.717) is 25.0 Å². The second-order valence-corrected chi connectivity index (χ2v) is 6.26. The van der Waals surface area contributed by atoms with E-state index in [-0.39, 0.29) is 17.5 Å². The van der Waals surface area contributed by atoms with Gasteiger partial charge in [-0.15, -0.1) is 0 Å². The first kappa shape index (κ1) is 17.7. The zero-order valence-corrected chi connectivity index (χ0v) is 13.1. The number of methoxy groups -OCH3 is 1. The predicted octanol–water partition coefficient (Wildman–Crippen LogP) is 1.12. The van der Waals surface area contributed by atoms with Crippen LogP contribution in [0.1, 0.15) is 25.3 Å². The lowest BCUT2D eigenvalue weighted by molar-refractivity contribution is 0.188. The van der Waals surface area contributed by atoms with Crippen LogP contribution < -0.4 is 4.72 Å². The van der Waals surface area contributed by atoms with Gasteiger partial charge in [-0.1, -0.05) is 24.0 Å². The Labute approximate surface area is 126 Å². The first-order valence-corrected chi connectivity index (χ1v) is 8.19. The summed E-state index contributed by atoms with van der Waals surface area (Å²) in [6.07, 6.45) is 0.903. The second kappa shape index (κ2) is 8.80. The van der Waals surface area contributed by atoms with Gasteiger partial charge in [-0.05, 0) is 25.5 Å². The SMILES string of the molecule is COCCC(C)NS(=O)(=O)c1ccccc1C#CCCO. The average Bonchev–Trinajstić information content (AvgIpc) is 2.45. The van der Waals surface area contributed by atoms with Crippen molar-refractivity contribution < 1.29 is 18.3 Å². The van der Waals surface area contributed by atoms with Gasteiger partial charge in [0, 0.05) is 31.7 Å². The average molecular weight is 311 g/mol. The fraction of sp³-hybridized carbons (Fsp3) is 0.467. The number of sulfonamides is 1. The highest BCUT2D eigenvalue weighted by molar-refractivity contribution is 7.89. The summed E-state index contributed by atoms with van der Waals surface area (Å²) in [4.78, 5) is 0.153. The molecule has 0 aromatic heterocycles. The predicted molar refractivity (Wildman–Crippen MR) is 81.3 cm³/mol.